The van der Waals surface area contributed by atoms with Gasteiger partial charge < -0.3 is 4.74 Å². The van der Waals surface area contributed by atoms with Gasteiger partial charge in [-0.2, -0.15) is 0 Å². The Balaban J connectivity index is 2.64. The van der Waals surface area contributed by atoms with Gasteiger partial charge in [0.2, 0.25) is 0 Å². The number of carbonyl (C=O) groups is 1. The number of hydrogen-bond acceptors (Lipinski definition) is 3. The quantitative estimate of drug-likeness (QED) is 0.744. The maximum Gasteiger partial charge on any atom is 0.182 e. The van der Waals surface area contributed by atoms with E-state index in [2.05, 4.69) is 4.98 Å². The van der Waals surface area contributed by atoms with Crippen LogP contribution in [0.15, 0.2) is 18.3 Å². The average Bonchev–Trinajstić information content (AvgIpc) is 2.27. The predicted octanol–water partition coefficient (Wildman–Crippen LogP) is 3.12. The van der Waals surface area contributed by atoms with Crippen LogP contribution in [0.2, 0.25) is 5.02 Å². The van der Waals surface area contributed by atoms with Crippen LogP contribution in [0.5, 0.6) is 0 Å². The zero-order valence-electron chi connectivity index (χ0n) is 9.79. The van der Waals surface area contributed by atoms with Gasteiger partial charge in [-0.3, -0.25) is 9.78 Å². The van der Waals surface area contributed by atoms with E-state index in [1.807, 2.05) is 13.8 Å². The summed E-state index contributed by atoms with van der Waals surface area (Å²) in [4.78, 5) is 15.8. The van der Waals surface area contributed by atoms with Gasteiger partial charge in [0, 0.05) is 19.7 Å². The van der Waals surface area contributed by atoms with Crippen molar-refractivity contribution in [2.45, 2.75) is 32.3 Å². The summed E-state index contributed by atoms with van der Waals surface area (Å²) in [5.41, 5.74) is 0.0489. The van der Waals surface area contributed by atoms with Crippen molar-refractivity contribution in [1.82, 2.24) is 4.98 Å². The fourth-order valence-corrected chi connectivity index (χ4v) is 1.45. The Hall–Kier alpha value is -0.930. The molecular formula is C12H16ClNO2. The van der Waals surface area contributed by atoms with E-state index in [-0.39, 0.29) is 11.4 Å². The first-order valence-corrected chi connectivity index (χ1v) is 5.53. The van der Waals surface area contributed by atoms with Gasteiger partial charge in [-0.1, -0.05) is 11.6 Å². The van der Waals surface area contributed by atoms with E-state index >= 15 is 0 Å². The molecule has 88 valence electrons. The normalized spacial score (nSPS) is 11.5. The number of rotatable bonds is 5. The second-order valence-electron chi connectivity index (χ2n) is 4.22. The Bertz CT molecular complexity index is 377. The molecule has 1 rings (SSSR count). The summed E-state index contributed by atoms with van der Waals surface area (Å²) < 4.78 is 5.25. The van der Waals surface area contributed by atoms with Crippen LogP contribution in [0.3, 0.4) is 0 Å². The monoisotopic (exact) mass is 241 g/mol. The van der Waals surface area contributed by atoms with Crippen LogP contribution in [-0.2, 0) is 4.74 Å². The van der Waals surface area contributed by atoms with Crippen LogP contribution in [0, 0.1) is 0 Å². The van der Waals surface area contributed by atoms with Gasteiger partial charge in [-0.15, -0.1) is 0 Å². The van der Waals surface area contributed by atoms with Crippen LogP contribution in [0.1, 0.15) is 37.2 Å². The van der Waals surface area contributed by atoms with Crippen molar-refractivity contribution in [3.8, 4) is 0 Å². The molecule has 4 heteroatoms. The van der Waals surface area contributed by atoms with Crippen LogP contribution in [0.4, 0.5) is 0 Å². The van der Waals surface area contributed by atoms with Crippen LogP contribution >= 0.6 is 11.6 Å². The lowest BCUT2D eigenvalue weighted by Gasteiger charge is -2.22. The lowest BCUT2D eigenvalue weighted by Crippen LogP contribution is -2.23. The zero-order valence-corrected chi connectivity index (χ0v) is 10.5. The molecule has 0 aliphatic carbocycles. The zero-order chi connectivity index (χ0) is 12.2. The molecular weight excluding hydrogens is 226 g/mol. The van der Waals surface area contributed by atoms with Crippen LogP contribution < -0.4 is 0 Å². The number of ether oxygens (including phenoxy) is 1. The van der Waals surface area contributed by atoms with Crippen molar-refractivity contribution < 1.29 is 9.53 Å². The molecule has 3 nitrogen and oxygen atoms in total. The predicted molar refractivity (Wildman–Crippen MR) is 63.9 cm³/mol. The molecule has 0 amide bonds. The Morgan fingerprint density at radius 3 is 2.81 bits per heavy atom. The average molecular weight is 242 g/mol. The highest BCUT2D eigenvalue weighted by Crippen LogP contribution is 2.19. The molecule has 0 saturated heterocycles. The van der Waals surface area contributed by atoms with E-state index in [0.29, 0.717) is 23.6 Å². The number of methoxy groups -OCH3 is 1. The molecule has 0 saturated carbocycles. The van der Waals surface area contributed by atoms with Gasteiger partial charge in [0.05, 0.1) is 10.6 Å². The van der Waals surface area contributed by atoms with Crippen molar-refractivity contribution >= 4 is 17.4 Å². The van der Waals surface area contributed by atoms with Crippen molar-refractivity contribution in [2.75, 3.05) is 7.11 Å². The van der Waals surface area contributed by atoms with Crippen molar-refractivity contribution in [1.29, 1.82) is 0 Å². The number of halogens is 1. The third kappa shape index (κ3) is 3.58. The van der Waals surface area contributed by atoms with E-state index < -0.39 is 0 Å². The first kappa shape index (κ1) is 13.1. The first-order valence-electron chi connectivity index (χ1n) is 5.15. The molecule has 0 radical (unpaired) electrons. The summed E-state index contributed by atoms with van der Waals surface area (Å²) in [6, 6.07) is 3.38. The Morgan fingerprint density at radius 1 is 1.56 bits per heavy atom. The molecule has 0 aromatic carbocycles. The Morgan fingerprint density at radius 2 is 2.25 bits per heavy atom. The van der Waals surface area contributed by atoms with E-state index in [9.17, 15) is 4.79 Å². The van der Waals surface area contributed by atoms with Gasteiger partial charge in [0.1, 0.15) is 5.69 Å². The van der Waals surface area contributed by atoms with E-state index in [4.69, 9.17) is 16.3 Å². The van der Waals surface area contributed by atoms with Gasteiger partial charge in [-0.05, 0) is 32.4 Å². The molecule has 0 aliphatic rings. The lowest BCUT2D eigenvalue weighted by atomic mass is 9.99. The fraction of sp³-hybridized carbons (Fsp3) is 0.500. The second-order valence-corrected chi connectivity index (χ2v) is 4.63. The minimum Gasteiger partial charge on any atom is -0.379 e. The molecule has 1 heterocycles. The topological polar surface area (TPSA) is 39.2 Å². The molecule has 0 aliphatic heterocycles. The molecule has 0 fully saturated rings. The number of Topliss-reactive ketones (excluding diaryl/α,β-unsaturated/α-hetero) is 1. The highest BCUT2D eigenvalue weighted by molar-refractivity contribution is 6.33. The summed E-state index contributed by atoms with van der Waals surface area (Å²) in [6.45, 7) is 3.89. The van der Waals surface area contributed by atoms with Crippen molar-refractivity contribution in [3.63, 3.8) is 0 Å². The molecule has 0 unspecified atom stereocenters. The van der Waals surface area contributed by atoms with Gasteiger partial charge in [-0.25, -0.2) is 0 Å². The molecule has 1 aromatic rings. The first-order chi connectivity index (χ1) is 7.46. The van der Waals surface area contributed by atoms with Crippen LogP contribution in [0.25, 0.3) is 0 Å². The smallest absolute Gasteiger partial charge is 0.182 e. The molecule has 0 spiro atoms. The summed E-state index contributed by atoms with van der Waals surface area (Å²) in [6.07, 6.45) is 2.60. The number of aromatic nitrogens is 1. The highest BCUT2D eigenvalue weighted by Gasteiger charge is 2.20. The van der Waals surface area contributed by atoms with E-state index in [0.717, 1.165) is 0 Å². The van der Waals surface area contributed by atoms with Crippen molar-refractivity contribution in [2.24, 2.45) is 0 Å². The summed E-state index contributed by atoms with van der Waals surface area (Å²) in [5.74, 6) is -0.0456. The molecule has 1 aromatic heterocycles. The summed E-state index contributed by atoms with van der Waals surface area (Å²) >= 11 is 5.89. The molecule has 16 heavy (non-hydrogen) atoms. The van der Waals surface area contributed by atoms with Gasteiger partial charge >= 0.3 is 0 Å². The number of ketones is 1. The molecule has 0 N–H and O–H groups in total. The number of hydrogen-bond donors (Lipinski definition) is 0. The summed E-state index contributed by atoms with van der Waals surface area (Å²) in [5, 5.41) is 0.405. The largest absolute Gasteiger partial charge is 0.379 e. The SMILES string of the molecule is COC(C)(C)CCC(=O)c1ncccc1Cl. The van der Waals surface area contributed by atoms with Gasteiger partial charge in [0.25, 0.3) is 0 Å². The fourth-order valence-electron chi connectivity index (χ4n) is 1.23. The second kappa shape index (κ2) is 5.41. The standard InChI is InChI=1S/C12H16ClNO2/c1-12(2,16-3)7-6-10(15)11-9(13)5-4-8-14-11/h4-5,8H,6-7H2,1-3H3. The summed E-state index contributed by atoms with van der Waals surface area (Å²) in [7, 11) is 1.64. The number of pyridine rings is 1. The minimum atomic E-state index is -0.295. The number of carbonyl (C=O) groups excluding carboxylic acids is 1. The minimum absolute atomic E-state index is 0.0456. The maximum atomic E-state index is 11.8. The van der Waals surface area contributed by atoms with Crippen molar-refractivity contribution in [3.05, 3.63) is 29.0 Å². The number of nitrogens with zero attached hydrogens (tertiary/aromatic N) is 1. The van der Waals surface area contributed by atoms with E-state index in [1.54, 1.807) is 25.4 Å². The van der Waals surface area contributed by atoms with Gasteiger partial charge in [0.15, 0.2) is 5.78 Å². The Kier molecular flexibility index (Phi) is 4.44. The maximum absolute atomic E-state index is 11.8. The van der Waals surface area contributed by atoms with Crippen LogP contribution in [-0.4, -0.2) is 23.5 Å². The highest BCUT2D eigenvalue weighted by atomic mass is 35.5. The third-order valence-electron chi connectivity index (χ3n) is 2.53. The molecule has 0 bridgehead atoms. The molecule has 0 atom stereocenters. The third-order valence-corrected chi connectivity index (χ3v) is 2.83. The lowest BCUT2D eigenvalue weighted by molar-refractivity contribution is 0.0141. The Labute approximate surface area is 101 Å². The van der Waals surface area contributed by atoms with E-state index in [1.165, 1.54) is 0 Å².